The van der Waals surface area contributed by atoms with E-state index in [0.29, 0.717) is 15.7 Å². The highest BCUT2D eigenvalue weighted by Crippen LogP contribution is 2.29. The molecule has 13 heavy (non-hydrogen) atoms. The molecule has 0 unspecified atom stereocenters. The highest BCUT2D eigenvalue weighted by atomic mass is 35.5. The number of nitrogens with zero attached hydrogens (tertiary/aromatic N) is 2. The van der Waals surface area contributed by atoms with Gasteiger partial charge < -0.3 is 0 Å². The van der Waals surface area contributed by atoms with Crippen LogP contribution in [0, 0.1) is 11.3 Å². The van der Waals surface area contributed by atoms with E-state index in [-0.39, 0.29) is 0 Å². The van der Waals surface area contributed by atoms with E-state index in [2.05, 4.69) is 11.1 Å². The fourth-order valence-corrected chi connectivity index (χ4v) is 1.53. The van der Waals surface area contributed by atoms with Gasteiger partial charge in [-0.05, 0) is 19.9 Å². The van der Waals surface area contributed by atoms with Gasteiger partial charge in [0.1, 0.15) is 5.15 Å². The van der Waals surface area contributed by atoms with Gasteiger partial charge in [-0.1, -0.05) is 23.2 Å². The molecule has 0 aromatic carbocycles. The monoisotopic (exact) mass is 214 g/mol. The Labute approximate surface area is 87.1 Å². The normalized spacial score (nSPS) is 11.0. The molecule has 1 aromatic heterocycles. The van der Waals surface area contributed by atoms with E-state index < -0.39 is 5.41 Å². The number of pyridine rings is 1. The van der Waals surface area contributed by atoms with Crippen molar-refractivity contribution in [1.82, 2.24) is 4.98 Å². The van der Waals surface area contributed by atoms with E-state index >= 15 is 0 Å². The molecule has 0 atom stereocenters. The first-order chi connectivity index (χ1) is 5.97. The van der Waals surface area contributed by atoms with E-state index in [1.54, 1.807) is 13.8 Å². The summed E-state index contributed by atoms with van der Waals surface area (Å²) in [5, 5.41) is 9.69. The maximum absolute atomic E-state index is 8.87. The third kappa shape index (κ3) is 2.12. The summed E-state index contributed by atoms with van der Waals surface area (Å²) >= 11 is 11.5. The van der Waals surface area contributed by atoms with Crippen molar-refractivity contribution in [3.63, 3.8) is 0 Å². The first-order valence-corrected chi connectivity index (χ1v) is 4.46. The second kappa shape index (κ2) is 3.53. The minimum atomic E-state index is -0.630. The van der Waals surface area contributed by atoms with Crippen molar-refractivity contribution in [2.45, 2.75) is 19.3 Å². The molecule has 0 aliphatic carbocycles. The predicted octanol–water partition coefficient (Wildman–Crippen LogP) is 3.19. The zero-order valence-electron chi connectivity index (χ0n) is 7.31. The lowest BCUT2D eigenvalue weighted by atomic mass is 9.88. The van der Waals surface area contributed by atoms with Crippen LogP contribution in [0.2, 0.25) is 10.2 Å². The number of rotatable bonds is 1. The smallest absolute Gasteiger partial charge is 0.130 e. The Kier molecular flexibility index (Phi) is 2.80. The van der Waals surface area contributed by atoms with Crippen LogP contribution in [0.3, 0.4) is 0 Å². The quantitative estimate of drug-likeness (QED) is 0.674. The summed E-state index contributed by atoms with van der Waals surface area (Å²) in [6.07, 6.45) is 1.54. The molecule has 0 bridgehead atoms. The predicted molar refractivity (Wildman–Crippen MR) is 52.9 cm³/mol. The van der Waals surface area contributed by atoms with Crippen molar-refractivity contribution in [2.75, 3.05) is 0 Å². The van der Waals surface area contributed by atoms with Gasteiger partial charge in [0.2, 0.25) is 0 Å². The Balaban J connectivity index is 3.26. The van der Waals surface area contributed by atoms with Gasteiger partial charge in [0, 0.05) is 16.8 Å². The maximum atomic E-state index is 8.87. The average molecular weight is 215 g/mol. The van der Waals surface area contributed by atoms with Crippen molar-refractivity contribution >= 4 is 23.2 Å². The number of hydrogen-bond donors (Lipinski definition) is 0. The summed E-state index contributed by atoms with van der Waals surface area (Å²) in [6.45, 7) is 3.56. The van der Waals surface area contributed by atoms with Crippen molar-refractivity contribution < 1.29 is 0 Å². The average Bonchev–Trinajstić information content (AvgIpc) is 2.03. The lowest BCUT2D eigenvalue weighted by molar-refractivity contribution is 0.683. The van der Waals surface area contributed by atoms with Crippen LogP contribution in [-0.2, 0) is 5.41 Å². The topological polar surface area (TPSA) is 36.7 Å². The first kappa shape index (κ1) is 10.3. The lowest BCUT2D eigenvalue weighted by Crippen LogP contribution is -2.14. The molecule has 1 aromatic rings. The van der Waals surface area contributed by atoms with E-state index in [4.69, 9.17) is 28.5 Å². The van der Waals surface area contributed by atoms with E-state index in [0.717, 1.165) is 0 Å². The summed E-state index contributed by atoms with van der Waals surface area (Å²) in [5.74, 6) is 0. The highest BCUT2D eigenvalue weighted by Gasteiger charge is 2.23. The number of hydrogen-bond acceptors (Lipinski definition) is 2. The molecule has 2 nitrogen and oxygen atoms in total. The Hall–Kier alpha value is -0.780. The van der Waals surface area contributed by atoms with Crippen LogP contribution >= 0.6 is 23.2 Å². The van der Waals surface area contributed by atoms with Crippen molar-refractivity contribution in [2.24, 2.45) is 0 Å². The summed E-state index contributed by atoms with van der Waals surface area (Å²) in [6, 6.07) is 3.69. The van der Waals surface area contributed by atoms with Crippen LogP contribution < -0.4 is 0 Å². The van der Waals surface area contributed by atoms with Crippen molar-refractivity contribution in [3.8, 4) is 6.07 Å². The fraction of sp³-hybridized carbons (Fsp3) is 0.333. The van der Waals surface area contributed by atoms with Crippen LogP contribution in [0.25, 0.3) is 0 Å². The molecule has 0 aliphatic heterocycles. The number of aromatic nitrogens is 1. The maximum Gasteiger partial charge on any atom is 0.130 e. The van der Waals surface area contributed by atoms with Crippen molar-refractivity contribution in [1.29, 1.82) is 5.26 Å². The molecule has 0 amide bonds. The molecule has 1 heterocycles. The van der Waals surface area contributed by atoms with Gasteiger partial charge in [0.25, 0.3) is 0 Å². The third-order valence-electron chi connectivity index (χ3n) is 1.77. The first-order valence-electron chi connectivity index (χ1n) is 3.70. The van der Waals surface area contributed by atoms with E-state index in [1.807, 2.05) is 0 Å². The van der Waals surface area contributed by atoms with Crippen LogP contribution in [-0.4, -0.2) is 4.98 Å². The fourth-order valence-electron chi connectivity index (χ4n) is 0.928. The molecular weight excluding hydrogens is 207 g/mol. The molecule has 1 rings (SSSR count). The molecule has 0 fully saturated rings. The zero-order valence-corrected chi connectivity index (χ0v) is 8.82. The summed E-state index contributed by atoms with van der Waals surface area (Å²) < 4.78 is 0. The van der Waals surface area contributed by atoms with E-state index in [9.17, 15) is 0 Å². The second-order valence-electron chi connectivity index (χ2n) is 3.22. The molecule has 0 saturated heterocycles. The molecule has 0 spiro atoms. The molecular formula is C9H8Cl2N2. The van der Waals surface area contributed by atoms with Gasteiger partial charge >= 0.3 is 0 Å². The third-order valence-corrected chi connectivity index (χ3v) is 2.29. The Morgan fingerprint density at radius 1 is 1.46 bits per heavy atom. The van der Waals surface area contributed by atoms with Crippen molar-refractivity contribution in [3.05, 3.63) is 28.0 Å². The van der Waals surface area contributed by atoms with E-state index in [1.165, 1.54) is 12.3 Å². The molecule has 68 valence electrons. The van der Waals surface area contributed by atoms with Crippen LogP contribution in [0.1, 0.15) is 19.4 Å². The molecule has 0 N–H and O–H groups in total. The molecule has 0 saturated carbocycles. The summed E-state index contributed by atoms with van der Waals surface area (Å²) in [4.78, 5) is 3.88. The van der Waals surface area contributed by atoms with Crippen LogP contribution in [0.15, 0.2) is 12.3 Å². The Morgan fingerprint density at radius 2 is 2.08 bits per heavy atom. The zero-order chi connectivity index (χ0) is 10.1. The van der Waals surface area contributed by atoms with Gasteiger partial charge in [0.15, 0.2) is 0 Å². The Morgan fingerprint density at radius 3 is 2.54 bits per heavy atom. The number of nitriles is 1. The second-order valence-corrected chi connectivity index (χ2v) is 4.02. The van der Waals surface area contributed by atoms with Gasteiger partial charge in [0.05, 0.1) is 11.5 Å². The standard InChI is InChI=1S/C9H8Cl2N2/c1-9(2,5-12)6-4-13-8(11)3-7(6)10/h3-4H,1-2H3. The van der Waals surface area contributed by atoms with Gasteiger partial charge in [-0.25, -0.2) is 4.98 Å². The minimum absolute atomic E-state index is 0.336. The Bertz CT molecular complexity index is 366. The molecule has 4 heteroatoms. The SMILES string of the molecule is CC(C)(C#N)c1cnc(Cl)cc1Cl. The van der Waals surface area contributed by atoms with Gasteiger partial charge in [-0.3, -0.25) is 0 Å². The summed E-state index contributed by atoms with van der Waals surface area (Å²) in [7, 11) is 0. The van der Waals surface area contributed by atoms with Gasteiger partial charge in [-0.15, -0.1) is 0 Å². The molecule has 0 aliphatic rings. The molecule has 0 radical (unpaired) electrons. The minimum Gasteiger partial charge on any atom is -0.244 e. The lowest BCUT2D eigenvalue weighted by Gasteiger charge is -2.16. The largest absolute Gasteiger partial charge is 0.244 e. The van der Waals surface area contributed by atoms with Crippen LogP contribution in [0.4, 0.5) is 0 Å². The van der Waals surface area contributed by atoms with Crippen LogP contribution in [0.5, 0.6) is 0 Å². The van der Waals surface area contributed by atoms with Gasteiger partial charge in [-0.2, -0.15) is 5.26 Å². The highest BCUT2D eigenvalue weighted by molar-refractivity contribution is 6.34. The number of halogens is 2. The summed E-state index contributed by atoms with van der Waals surface area (Å²) in [5.41, 5.74) is 0.0651.